The molecule has 1 atom stereocenters. The van der Waals surface area contributed by atoms with E-state index in [9.17, 15) is 18.0 Å². The predicted octanol–water partition coefficient (Wildman–Crippen LogP) is 4.26. The molecular formula is C16H17F3INO2. The Bertz CT molecular complexity index is 607. The molecule has 1 aromatic rings. The van der Waals surface area contributed by atoms with Crippen molar-refractivity contribution >= 4 is 34.2 Å². The van der Waals surface area contributed by atoms with Crippen LogP contribution in [0.2, 0.25) is 0 Å². The number of alkyl halides is 3. The molecule has 1 aliphatic heterocycles. The second kappa shape index (κ2) is 8.03. The molecular weight excluding hydrogens is 422 g/mol. The average molecular weight is 439 g/mol. The summed E-state index contributed by atoms with van der Waals surface area (Å²) in [7, 11) is 0. The third-order valence-electron chi connectivity index (χ3n) is 3.35. The molecule has 1 heterocycles. The summed E-state index contributed by atoms with van der Waals surface area (Å²) in [5.41, 5.74) is 0.328. The molecule has 2 rings (SSSR count). The van der Waals surface area contributed by atoms with E-state index in [1.807, 2.05) is 29.5 Å². The normalized spacial score (nSPS) is 18.3. The highest BCUT2D eigenvalue weighted by Crippen LogP contribution is 2.32. The highest BCUT2D eigenvalue weighted by atomic mass is 127. The number of hydrogen-bond donors (Lipinski definition) is 0. The summed E-state index contributed by atoms with van der Waals surface area (Å²) >= 11 is 1.91. The summed E-state index contributed by atoms with van der Waals surface area (Å²) in [6, 6.07) is 4.26. The van der Waals surface area contributed by atoms with E-state index in [2.05, 4.69) is 0 Å². The van der Waals surface area contributed by atoms with Crippen LogP contribution in [0.15, 0.2) is 24.3 Å². The van der Waals surface area contributed by atoms with Crippen molar-refractivity contribution in [2.45, 2.75) is 30.1 Å². The molecule has 3 nitrogen and oxygen atoms in total. The molecule has 0 aromatic heterocycles. The lowest BCUT2D eigenvalue weighted by Crippen LogP contribution is -2.41. The summed E-state index contributed by atoms with van der Waals surface area (Å²) in [4.78, 5) is 13.1. The maximum absolute atomic E-state index is 14.3. The Balaban J connectivity index is 2.32. The Morgan fingerprint density at radius 3 is 2.78 bits per heavy atom. The van der Waals surface area contributed by atoms with Gasteiger partial charge >= 0.3 is 0 Å². The van der Waals surface area contributed by atoms with Crippen molar-refractivity contribution in [2.24, 2.45) is 0 Å². The smallest absolute Gasteiger partial charge is 0.256 e. The largest absolute Gasteiger partial charge is 0.494 e. The molecule has 7 heteroatoms. The van der Waals surface area contributed by atoms with Crippen LogP contribution in [-0.2, 0) is 4.79 Å². The van der Waals surface area contributed by atoms with Crippen LogP contribution in [0.25, 0.3) is 5.70 Å². The fourth-order valence-electron chi connectivity index (χ4n) is 2.31. The number of rotatable bonds is 6. The third kappa shape index (κ3) is 4.39. The minimum atomic E-state index is -2.68. The highest BCUT2D eigenvalue weighted by Gasteiger charge is 2.32. The molecule has 1 aromatic carbocycles. The van der Waals surface area contributed by atoms with Gasteiger partial charge in [0.05, 0.1) is 22.8 Å². The first-order valence-electron chi connectivity index (χ1n) is 7.30. The summed E-state index contributed by atoms with van der Waals surface area (Å²) < 4.78 is 44.8. The topological polar surface area (TPSA) is 29.5 Å². The number of nitrogens with zero attached hydrogens (tertiary/aromatic N) is 1. The van der Waals surface area contributed by atoms with Gasteiger partial charge in [0.1, 0.15) is 11.6 Å². The van der Waals surface area contributed by atoms with Crippen molar-refractivity contribution in [1.82, 2.24) is 4.90 Å². The molecule has 0 N–H and O–H groups in total. The molecule has 0 spiro atoms. The summed E-state index contributed by atoms with van der Waals surface area (Å²) in [5.74, 6) is -0.638. The Morgan fingerprint density at radius 2 is 2.17 bits per heavy atom. The van der Waals surface area contributed by atoms with Crippen molar-refractivity contribution in [3.05, 3.63) is 35.7 Å². The van der Waals surface area contributed by atoms with Crippen molar-refractivity contribution in [1.29, 1.82) is 0 Å². The van der Waals surface area contributed by atoms with Crippen LogP contribution in [0, 0.1) is 5.82 Å². The van der Waals surface area contributed by atoms with Crippen molar-refractivity contribution in [3.63, 3.8) is 0 Å². The van der Waals surface area contributed by atoms with Crippen molar-refractivity contribution in [3.8, 4) is 5.75 Å². The highest BCUT2D eigenvalue weighted by molar-refractivity contribution is 14.1. The van der Waals surface area contributed by atoms with E-state index < -0.39 is 28.6 Å². The third-order valence-corrected chi connectivity index (χ3v) is 4.39. The number of benzene rings is 1. The van der Waals surface area contributed by atoms with Gasteiger partial charge in [-0.3, -0.25) is 4.79 Å². The number of allylic oxidation sites excluding steroid dienone is 1. The zero-order valence-corrected chi connectivity index (χ0v) is 14.7. The van der Waals surface area contributed by atoms with Gasteiger partial charge in [-0.2, -0.15) is 0 Å². The van der Waals surface area contributed by atoms with Crippen LogP contribution in [0.3, 0.4) is 0 Å². The fourth-order valence-corrected chi connectivity index (χ4v) is 2.90. The van der Waals surface area contributed by atoms with E-state index in [-0.39, 0.29) is 11.3 Å². The van der Waals surface area contributed by atoms with E-state index in [1.165, 1.54) is 12.1 Å². The first-order chi connectivity index (χ1) is 10.9. The zero-order valence-electron chi connectivity index (χ0n) is 12.6. The molecule has 0 saturated heterocycles. The van der Waals surface area contributed by atoms with Gasteiger partial charge in [0.2, 0.25) is 5.91 Å². The number of halogens is 4. The Labute approximate surface area is 146 Å². The summed E-state index contributed by atoms with van der Waals surface area (Å²) in [6.07, 6.45) is 0.134. The molecule has 0 saturated carbocycles. The minimum absolute atomic E-state index is 0.131. The molecule has 1 unspecified atom stereocenters. The second-order valence-electron chi connectivity index (χ2n) is 5.12. The van der Waals surface area contributed by atoms with Gasteiger partial charge in [0.25, 0.3) is 6.43 Å². The molecule has 0 aliphatic carbocycles. The molecule has 0 radical (unpaired) electrons. The molecule has 1 amide bonds. The van der Waals surface area contributed by atoms with Gasteiger partial charge in [0.15, 0.2) is 0 Å². The standard InChI is InChI=1S/C16H17F3INO2/c1-2-7-23-10-3-4-11(12(17)8-10)14-6-5-13(20)16(22)21(14)9-15(18)19/h3-4,6,8,13,15H,2,5,7,9H2,1H3. The Kier molecular flexibility index (Phi) is 6.32. The molecule has 1 aliphatic rings. The first kappa shape index (κ1) is 18.1. The summed E-state index contributed by atoms with van der Waals surface area (Å²) in [5, 5.41) is 0. The average Bonchev–Trinajstić information content (AvgIpc) is 2.50. The predicted molar refractivity (Wildman–Crippen MR) is 90.3 cm³/mol. The van der Waals surface area contributed by atoms with Gasteiger partial charge in [-0.1, -0.05) is 35.6 Å². The Hall–Kier alpha value is -1.25. The van der Waals surface area contributed by atoms with Gasteiger partial charge in [0, 0.05) is 11.6 Å². The van der Waals surface area contributed by atoms with Crippen LogP contribution in [0.5, 0.6) is 5.75 Å². The summed E-state index contributed by atoms with van der Waals surface area (Å²) in [6.45, 7) is 1.66. The number of amides is 1. The molecule has 0 bridgehead atoms. The lowest BCUT2D eigenvalue weighted by Gasteiger charge is -2.31. The molecule has 126 valence electrons. The van der Waals surface area contributed by atoms with Crippen LogP contribution in [0.4, 0.5) is 13.2 Å². The minimum Gasteiger partial charge on any atom is -0.494 e. The van der Waals surface area contributed by atoms with Crippen molar-refractivity contribution < 1.29 is 22.7 Å². The van der Waals surface area contributed by atoms with E-state index >= 15 is 0 Å². The Morgan fingerprint density at radius 1 is 1.43 bits per heavy atom. The van der Waals surface area contributed by atoms with Crippen LogP contribution < -0.4 is 4.74 Å². The van der Waals surface area contributed by atoms with Crippen LogP contribution in [-0.4, -0.2) is 34.3 Å². The maximum atomic E-state index is 14.3. The number of ether oxygens (including phenoxy) is 1. The van der Waals surface area contributed by atoms with E-state index in [4.69, 9.17) is 4.74 Å². The lowest BCUT2D eigenvalue weighted by molar-refractivity contribution is -0.128. The van der Waals surface area contributed by atoms with Crippen LogP contribution >= 0.6 is 22.6 Å². The van der Waals surface area contributed by atoms with Crippen LogP contribution in [0.1, 0.15) is 25.3 Å². The van der Waals surface area contributed by atoms with Gasteiger partial charge < -0.3 is 9.64 Å². The molecule has 23 heavy (non-hydrogen) atoms. The maximum Gasteiger partial charge on any atom is 0.256 e. The number of carbonyl (C=O) groups is 1. The van der Waals surface area contributed by atoms with Crippen molar-refractivity contribution in [2.75, 3.05) is 13.2 Å². The SMILES string of the molecule is CCCOc1ccc(C2=CCC(I)C(=O)N2CC(F)F)c(F)c1. The number of carbonyl (C=O) groups excluding carboxylic acids is 1. The quantitative estimate of drug-likeness (QED) is 0.490. The second-order valence-corrected chi connectivity index (χ2v) is 6.63. The zero-order chi connectivity index (χ0) is 17.0. The van der Waals surface area contributed by atoms with E-state index in [0.29, 0.717) is 18.8 Å². The van der Waals surface area contributed by atoms with E-state index in [1.54, 1.807) is 12.1 Å². The molecule has 0 fully saturated rings. The number of hydrogen-bond acceptors (Lipinski definition) is 2. The fraction of sp³-hybridized carbons (Fsp3) is 0.438. The lowest BCUT2D eigenvalue weighted by atomic mass is 10.0. The van der Waals surface area contributed by atoms with Gasteiger partial charge in [-0.15, -0.1) is 0 Å². The monoisotopic (exact) mass is 439 g/mol. The van der Waals surface area contributed by atoms with Gasteiger partial charge in [-0.05, 0) is 25.0 Å². The van der Waals surface area contributed by atoms with E-state index in [0.717, 1.165) is 11.3 Å². The van der Waals surface area contributed by atoms with Gasteiger partial charge in [-0.25, -0.2) is 13.2 Å². The first-order valence-corrected chi connectivity index (χ1v) is 8.55.